The van der Waals surface area contributed by atoms with Gasteiger partial charge in [-0.2, -0.15) is 18.3 Å². The van der Waals surface area contributed by atoms with Crippen LogP contribution in [0.4, 0.5) is 18.9 Å². The fourth-order valence-electron chi connectivity index (χ4n) is 3.14. The van der Waals surface area contributed by atoms with Gasteiger partial charge in [-0.15, -0.1) is 11.3 Å². The molecule has 4 aromatic rings. The summed E-state index contributed by atoms with van der Waals surface area (Å²) >= 11 is 1.29. The summed E-state index contributed by atoms with van der Waals surface area (Å²) < 4.78 is 45.7. The number of ether oxygens (including phenoxy) is 1. The maximum Gasteiger partial charge on any atom is 0.435 e. The van der Waals surface area contributed by atoms with Gasteiger partial charge >= 0.3 is 12.1 Å². The van der Waals surface area contributed by atoms with Crippen molar-refractivity contribution < 1.29 is 27.5 Å². The van der Waals surface area contributed by atoms with E-state index < -0.39 is 23.7 Å². The largest absolute Gasteiger partial charge is 0.465 e. The Hall–Kier alpha value is -3.92. The predicted octanol–water partition coefficient (Wildman–Crippen LogP) is 5.66. The minimum atomic E-state index is -4.59. The van der Waals surface area contributed by atoms with Crippen molar-refractivity contribution in [3.63, 3.8) is 0 Å². The standard InChI is InChI=1S/C23H16F3N3O3S/c1-32-22(31)16-5-2-3-6-17(16)27-21(30)14-8-10-15(11-9-14)29-18(19-7-4-12-33-19)13-20(28-29)23(24,25)26/h2-13H,1H3,(H,27,30). The molecule has 168 valence electrons. The fourth-order valence-corrected chi connectivity index (χ4v) is 3.87. The first-order chi connectivity index (χ1) is 15.8. The van der Waals surface area contributed by atoms with E-state index in [4.69, 9.17) is 4.74 Å². The number of benzene rings is 2. The van der Waals surface area contributed by atoms with E-state index in [1.165, 1.54) is 53.5 Å². The van der Waals surface area contributed by atoms with Crippen molar-refractivity contribution >= 4 is 28.9 Å². The van der Waals surface area contributed by atoms with Crippen LogP contribution in [0.3, 0.4) is 0 Å². The van der Waals surface area contributed by atoms with E-state index in [9.17, 15) is 22.8 Å². The van der Waals surface area contributed by atoms with Crippen LogP contribution < -0.4 is 5.32 Å². The number of halogens is 3. The molecular formula is C23H16F3N3O3S. The van der Waals surface area contributed by atoms with E-state index >= 15 is 0 Å². The van der Waals surface area contributed by atoms with Gasteiger partial charge in [-0.05, 0) is 53.9 Å². The van der Waals surface area contributed by atoms with Gasteiger partial charge in [-0.3, -0.25) is 4.79 Å². The van der Waals surface area contributed by atoms with E-state index in [1.54, 1.807) is 35.7 Å². The van der Waals surface area contributed by atoms with Gasteiger partial charge in [0, 0.05) is 5.56 Å². The average molecular weight is 471 g/mol. The van der Waals surface area contributed by atoms with Gasteiger partial charge < -0.3 is 10.1 Å². The Balaban J connectivity index is 1.63. The molecule has 2 aromatic heterocycles. The lowest BCUT2D eigenvalue weighted by Gasteiger charge is -2.11. The van der Waals surface area contributed by atoms with Crippen molar-refractivity contribution in [2.45, 2.75) is 6.18 Å². The summed E-state index contributed by atoms with van der Waals surface area (Å²) in [4.78, 5) is 25.2. The van der Waals surface area contributed by atoms with Crippen molar-refractivity contribution in [3.8, 4) is 16.3 Å². The van der Waals surface area contributed by atoms with Crippen LogP contribution in [0.1, 0.15) is 26.4 Å². The van der Waals surface area contributed by atoms with Crippen molar-refractivity contribution in [2.24, 2.45) is 0 Å². The number of esters is 1. The summed E-state index contributed by atoms with van der Waals surface area (Å²) in [5, 5.41) is 8.15. The maximum absolute atomic E-state index is 13.3. The summed E-state index contributed by atoms with van der Waals surface area (Å²) in [7, 11) is 1.24. The second-order valence-corrected chi connectivity index (χ2v) is 7.79. The molecule has 0 atom stereocenters. The number of carbonyl (C=O) groups excluding carboxylic acids is 2. The lowest BCUT2D eigenvalue weighted by molar-refractivity contribution is -0.141. The normalized spacial score (nSPS) is 11.3. The Morgan fingerprint density at radius 3 is 2.39 bits per heavy atom. The Morgan fingerprint density at radius 2 is 1.76 bits per heavy atom. The van der Waals surface area contributed by atoms with Gasteiger partial charge in [0.2, 0.25) is 0 Å². The molecular weight excluding hydrogens is 455 g/mol. The Morgan fingerprint density at radius 1 is 1.03 bits per heavy atom. The van der Waals surface area contributed by atoms with E-state index in [0.717, 1.165) is 6.07 Å². The quantitative estimate of drug-likeness (QED) is 0.381. The SMILES string of the molecule is COC(=O)c1ccccc1NC(=O)c1ccc(-n2nc(C(F)(F)F)cc2-c2cccs2)cc1. The van der Waals surface area contributed by atoms with E-state index in [-0.39, 0.29) is 16.8 Å². The fraction of sp³-hybridized carbons (Fsp3) is 0.0870. The summed E-state index contributed by atoms with van der Waals surface area (Å²) in [6.07, 6.45) is -4.59. The first-order valence-corrected chi connectivity index (χ1v) is 10.5. The molecule has 1 N–H and O–H groups in total. The number of hydrogen-bond donors (Lipinski definition) is 1. The first-order valence-electron chi connectivity index (χ1n) is 9.58. The number of amides is 1. The highest BCUT2D eigenvalue weighted by Gasteiger charge is 2.35. The Bertz CT molecular complexity index is 1300. The van der Waals surface area contributed by atoms with E-state index in [0.29, 0.717) is 16.3 Å². The number of nitrogens with zero attached hydrogens (tertiary/aromatic N) is 2. The number of para-hydroxylation sites is 1. The van der Waals surface area contributed by atoms with E-state index in [1.807, 2.05) is 0 Å². The molecule has 0 bridgehead atoms. The zero-order valence-electron chi connectivity index (χ0n) is 17.1. The van der Waals surface area contributed by atoms with Gasteiger partial charge in [0.05, 0.1) is 34.6 Å². The van der Waals surface area contributed by atoms with Crippen LogP contribution in [0, 0.1) is 0 Å². The number of anilines is 1. The zero-order chi connectivity index (χ0) is 23.6. The Kier molecular flexibility index (Phi) is 6.01. The molecule has 0 aliphatic carbocycles. The van der Waals surface area contributed by atoms with E-state index in [2.05, 4.69) is 10.4 Å². The molecule has 0 aliphatic heterocycles. The summed E-state index contributed by atoms with van der Waals surface area (Å²) in [6.45, 7) is 0. The minimum absolute atomic E-state index is 0.196. The monoisotopic (exact) mass is 471 g/mol. The molecule has 2 heterocycles. The third-order valence-electron chi connectivity index (χ3n) is 4.73. The van der Waals surface area contributed by atoms with Crippen LogP contribution in [0.15, 0.2) is 72.1 Å². The number of carbonyl (C=O) groups is 2. The lowest BCUT2D eigenvalue weighted by atomic mass is 10.1. The summed E-state index contributed by atoms with van der Waals surface area (Å²) in [5.41, 5.74) is 0.371. The number of thiophene rings is 1. The van der Waals surface area contributed by atoms with Gasteiger partial charge in [-0.25, -0.2) is 9.48 Å². The van der Waals surface area contributed by atoms with Crippen LogP contribution in [0.5, 0.6) is 0 Å². The van der Waals surface area contributed by atoms with Crippen molar-refractivity contribution in [1.29, 1.82) is 0 Å². The van der Waals surface area contributed by atoms with Gasteiger partial charge in [0.25, 0.3) is 5.91 Å². The first kappa shape index (κ1) is 22.3. The molecule has 4 rings (SSSR count). The topological polar surface area (TPSA) is 73.2 Å². The third-order valence-corrected chi connectivity index (χ3v) is 5.62. The number of hydrogen-bond acceptors (Lipinski definition) is 5. The maximum atomic E-state index is 13.3. The molecule has 0 radical (unpaired) electrons. The van der Waals surface area contributed by atoms with Gasteiger partial charge in [-0.1, -0.05) is 18.2 Å². The molecule has 0 unspecified atom stereocenters. The highest BCUT2D eigenvalue weighted by Crippen LogP contribution is 2.34. The molecule has 6 nitrogen and oxygen atoms in total. The molecule has 0 aliphatic rings. The average Bonchev–Trinajstić information content (AvgIpc) is 3.49. The van der Waals surface area contributed by atoms with Gasteiger partial charge in [0.15, 0.2) is 5.69 Å². The number of alkyl halides is 3. The molecule has 2 aromatic carbocycles. The van der Waals surface area contributed by atoms with Crippen LogP contribution >= 0.6 is 11.3 Å². The third kappa shape index (κ3) is 4.65. The second kappa shape index (κ2) is 8.91. The summed E-state index contributed by atoms with van der Waals surface area (Å²) in [6, 6.07) is 16.8. The molecule has 1 amide bonds. The molecule has 0 saturated carbocycles. The number of nitrogens with one attached hydrogen (secondary N) is 1. The zero-order valence-corrected chi connectivity index (χ0v) is 17.9. The number of methoxy groups -OCH3 is 1. The van der Waals surface area contributed by atoms with Crippen LogP contribution in [0.25, 0.3) is 16.3 Å². The second-order valence-electron chi connectivity index (χ2n) is 6.84. The Labute approximate surface area is 190 Å². The smallest absolute Gasteiger partial charge is 0.435 e. The van der Waals surface area contributed by atoms with Crippen molar-refractivity contribution in [3.05, 3.63) is 88.9 Å². The highest BCUT2D eigenvalue weighted by atomic mass is 32.1. The van der Waals surface area contributed by atoms with Crippen LogP contribution in [0.2, 0.25) is 0 Å². The van der Waals surface area contributed by atoms with Crippen molar-refractivity contribution in [2.75, 3.05) is 12.4 Å². The predicted molar refractivity (Wildman–Crippen MR) is 118 cm³/mol. The minimum Gasteiger partial charge on any atom is -0.465 e. The van der Waals surface area contributed by atoms with Crippen LogP contribution in [-0.4, -0.2) is 28.8 Å². The number of aromatic nitrogens is 2. The molecule has 0 spiro atoms. The highest BCUT2D eigenvalue weighted by molar-refractivity contribution is 7.13. The molecule has 10 heteroatoms. The number of rotatable bonds is 5. The summed E-state index contributed by atoms with van der Waals surface area (Å²) in [5.74, 6) is -1.09. The van der Waals surface area contributed by atoms with Crippen LogP contribution in [-0.2, 0) is 10.9 Å². The van der Waals surface area contributed by atoms with Gasteiger partial charge in [0.1, 0.15) is 0 Å². The molecule has 33 heavy (non-hydrogen) atoms. The van der Waals surface area contributed by atoms with Crippen molar-refractivity contribution in [1.82, 2.24) is 9.78 Å². The molecule has 0 fully saturated rings. The molecule has 0 saturated heterocycles. The lowest BCUT2D eigenvalue weighted by Crippen LogP contribution is -2.15.